The predicted octanol–water partition coefficient (Wildman–Crippen LogP) is 16.5. The van der Waals surface area contributed by atoms with Crippen LogP contribution in [-0.4, -0.2) is 37.2 Å². The molecule has 0 radical (unpaired) electrons. The van der Waals surface area contributed by atoms with Gasteiger partial charge < -0.3 is 14.2 Å². The smallest absolute Gasteiger partial charge is 0.306 e. The third-order valence-corrected chi connectivity index (χ3v) is 10.8. The van der Waals surface area contributed by atoms with Crippen molar-refractivity contribution in [1.82, 2.24) is 0 Å². The minimum Gasteiger partial charge on any atom is -0.462 e. The van der Waals surface area contributed by atoms with E-state index in [1.807, 2.05) is 0 Å². The van der Waals surface area contributed by atoms with E-state index in [1.54, 1.807) is 0 Å². The molecule has 0 heterocycles. The maximum atomic E-state index is 12.8. The Morgan fingerprint density at radius 2 is 0.667 bits per heavy atom. The normalized spacial score (nSPS) is 12.5. The Morgan fingerprint density at radius 3 is 1.08 bits per heavy atom. The fourth-order valence-electron chi connectivity index (χ4n) is 7.03. The molecule has 0 bridgehead atoms. The van der Waals surface area contributed by atoms with E-state index < -0.39 is 6.10 Å². The first-order valence-electron chi connectivity index (χ1n) is 25.3. The molecule has 0 aliphatic carbocycles. The number of esters is 3. The van der Waals surface area contributed by atoms with Crippen LogP contribution in [0, 0.1) is 0 Å². The second-order valence-electron chi connectivity index (χ2n) is 16.7. The molecule has 1 unspecified atom stereocenters. The third kappa shape index (κ3) is 46.2. The minimum absolute atomic E-state index is 0.0913. The maximum absolute atomic E-state index is 12.8. The van der Waals surface area contributed by atoms with Crippen molar-refractivity contribution in [2.75, 3.05) is 13.2 Å². The monoisotopic (exact) mass is 839 g/mol. The Bertz CT molecular complexity index is 1100. The summed E-state index contributed by atoms with van der Waals surface area (Å²) in [5.41, 5.74) is 0. The van der Waals surface area contributed by atoms with Crippen molar-refractivity contribution in [2.45, 2.75) is 252 Å². The molecule has 0 fully saturated rings. The van der Waals surface area contributed by atoms with E-state index in [2.05, 4.69) is 81.5 Å². The van der Waals surface area contributed by atoms with Crippen molar-refractivity contribution >= 4 is 17.9 Å². The lowest BCUT2D eigenvalue weighted by Crippen LogP contribution is -2.30. The van der Waals surface area contributed by atoms with Gasteiger partial charge in [0.25, 0.3) is 0 Å². The Labute approximate surface area is 370 Å². The van der Waals surface area contributed by atoms with Gasteiger partial charge in [-0.3, -0.25) is 14.4 Å². The highest BCUT2D eigenvalue weighted by Gasteiger charge is 2.19. The highest BCUT2D eigenvalue weighted by atomic mass is 16.6. The van der Waals surface area contributed by atoms with Gasteiger partial charge in [-0.05, 0) is 70.6 Å². The van der Waals surface area contributed by atoms with Gasteiger partial charge in [-0.15, -0.1) is 0 Å². The van der Waals surface area contributed by atoms with Gasteiger partial charge in [-0.1, -0.05) is 216 Å². The van der Waals surface area contributed by atoms with Gasteiger partial charge in [0.1, 0.15) is 13.2 Å². The molecule has 60 heavy (non-hydrogen) atoms. The molecule has 0 aliphatic rings. The average Bonchev–Trinajstić information content (AvgIpc) is 3.24. The molecule has 0 aromatic heterocycles. The topological polar surface area (TPSA) is 78.9 Å². The number of allylic oxidation sites excluding steroid dienone is 10. The SMILES string of the molecule is CC/C=C\C/C=C\C/C=C\CCCC(=O)OCC(COC(=O)CCCCCCCCCCCCCCCCCCC)OC(=O)CCCCCCCCC/C=C\C/C=C\CC. The van der Waals surface area contributed by atoms with E-state index in [-0.39, 0.29) is 37.5 Å². The summed E-state index contributed by atoms with van der Waals surface area (Å²) in [5, 5.41) is 0. The first-order chi connectivity index (χ1) is 29.5. The van der Waals surface area contributed by atoms with Gasteiger partial charge in [0, 0.05) is 19.3 Å². The van der Waals surface area contributed by atoms with Gasteiger partial charge >= 0.3 is 17.9 Å². The summed E-state index contributed by atoms with van der Waals surface area (Å²) in [6, 6.07) is 0. The molecule has 0 rings (SSSR count). The van der Waals surface area contributed by atoms with Gasteiger partial charge in [0.2, 0.25) is 0 Å². The van der Waals surface area contributed by atoms with Crippen molar-refractivity contribution in [1.29, 1.82) is 0 Å². The van der Waals surface area contributed by atoms with Crippen molar-refractivity contribution in [3.8, 4) is 0 Å². The van der Waals surface area contributed by atoms with Crippen LogP contribution in [0.3, 0.4) is 0 Å². The van der Waals surface area contributed by atoms with Crippen LogP contribution in [0.25, 0.3) is 0 Å². The van der Waals surface area contributed by atoms with Crippen LogP contribution in [0.5, 0.6) is 0 Å². The molecular formula is C54H94O6. The third-order valence-electron chi connectivity index (χ3n) is 10.8. The number of hydrogen-bond acceptors (Lipinski definition) is 6. The van der Waals surface area contributed by atoms with Crippen LogP contribution in [0.4, 0.5) is 0 Å². The standard InChI is InChI=1S/C54H94O6/c1-4-7-10-13-16-19-22-24-26-27-28-30-32-35-38-41-44-47-53(56)59-50-51(49-58-52(55)46-43-40-37-34-31-21-18-15-12-9-6-3)60-54(57)48-45-42-39-36-33-29-25-23-20-17-14-11-8-5-2/h8-9,11-12,17-18,20-21,34,37,51H,4-7,10,13-16,19,22-33,35-36,38-50H2,1-3H3/b11-8-,12-9-,20-17-,21-18-,37-34-. The van der Waals surface area contributed by atoms with Crippen LogP contribution in [-0.2, 0) is 28.6 Å². The van der Waals surface area contributed by atoms with Crippen LogP contribution in [0.15, 0.2) is 60.8 Å². The van der Waals surface area contributed by atoms with Crippen molar-refractivity contribution in [3.05, 3.63) is 60.8 Å². The summed E-state index contributed by atoms with van der Waals surface area (Å²) in [7, 11) is 0. The number of ether oxygens (including phenoxy) is 3. The highest BCUT2D eigenvalue weighted by molar-refractivity contribution is 5.71. The number of hydrogen-bond donors (Lipinski definition) is 0. The lowest BCUT2D eigenvalue weighted by molar-refractivity contribution is -0.167. The molecule has 0 aromatic rings. The number of unbranched alkanes of at least 4 members (excludes halogenated alkanes) is 24. The summed E-state index contributed by atoms with van der Waals surface area (Å²) in [5.74, 6) is -0.953. The second-order valence-corrected chi connectivity index (χ2v) is 16.7. The van der Waals surface area contributed by atoms with Gasteiger partial charge in [-0.25, -0.2) is 0 Å². The fourth-order valence-corrected chi connectivity index (χ4v) is 7.03. The van der Waals surface area contributed by atoms with E-state index in [1.165, 1.54) is 116 Å². The number of rotatable bonds is 45. The highest BCUT2D eigenvalue weighted by Crippen LogP contribution is 2.15. The maximum Gasteiger partial charge on any atom is 0.306 e. The van der Waals surface area contributed by atoms with Crippen molar-refractivity contribution in [2.24, 2.45) is 0 Å². The van der Waals surface area contributed by atoms with E-state index in [9.17, 15) is 14.4 Å². The van der Waals surface area contributed by atoms with Gasteiger partial charge in [0.05, 0.1) is 0 Å². The van der Waals surface area contributed by atoms with E-state index in [0.717, 1.165) is 83.5 Å². The van der Waals surface area contributed by atoms with E-state index in [4.69, 9.17) is 14.2 Å². The molecule has 0 aliphatic heterocycles. The quantitative estimate of drug-likeness (QED) is 0.0263. The van der Waals surface area contributed by atoms with Gasteiger partial charge in [0.15, 0.2) is 6.10 Å². The lowest BCUT2D eigenvalue weighted by atomic mass is 10.0. The zero-order valence-electron chi connectivity index (χ0n) is 39.5. The summed E-state index contributed by atoms with van der Waals surface area (Å²) in [6.45, 7) is 6.37. The molecule has 0 amide bonds. The first kappa shape index (κ1) is 57.1. The largest absolute Gasteiger partial charge is 0.462 e. The number of carbonyl (C=O) groups is 3. The molecule has 346 valence electrons. The zero-order chi connectivity index (χ0) is 43.7. The minimum atomic E-state index is -0.795. The Kier molecular flexibility index (Phi) is 46.4. The molecule has 6 nitrogen and oxygen atoms in total. The summed E-state index contributed by atoms with van der Waals surface area (Å²) >= 11 is 0. The fraction of sp³-hybridized carbons (Fsp3) is 0.759. The van der Waals surface area contributed by atoms with Crippen LogP contribution < -0.4 is 0 Å². The van der Waals surface area contributed by atoms with Crippen molar-refractivity contribution < 1.29 is 28.6 Å². The molecule has 1 atom stereocenters. The van der Waals surface area contributed by atoms with Crippen LogP contribution in [0.2, 0.25) is 0 Å². The van der Waals surface area contributed by atoms with E-state index >= 15 is 0 Å². The molecular weight excluding hydrogens is 745 g/mol. The summed E-state index contributed by atoms with van der Waals surface area (Å²) in [4.78, 5) is 37.9. The molecule has 0 aromatic carbocycles. The molecule has 0 N–H and O–H groups in total. The first-order valence-corrected chi connectivity index (χ1v) is 25.3. The molecule has 6 heteroatoms. The van der Waals surface area contributed by atoms with Crippen LogP contribution in [0.1, 0.15) is 245 Å². The Balaban J connectivity index is 4.37. The second kappa shape index (κ2) is 48.8. The zero-order valence-corrected chi connectivity index (χ0v) is 39.5. The van der Waals surface area contributed by atoms with Crippen molar-refractivity contribution in [3.63, 3.8) is 0 Å². The van der Waals surface area contributed by atoms with Crippen LogP contribution >= 0.6 is 0 Å². The van der Waals surface area contributed by atoms with Gasteiger partial charge in [-0.2, -0.15) is 0 Å². The van der Waals surface area contributed by atoms with E-state index in [0.29, 0.717) is 19.3 Å². The molecule has 0 spiro atoms. The predicted molar refractivity (Wildman–Crippen MR) is 256 cm³/mol. The summed E-state index contributed by atoms with van der Waals surface area (Å²) in [6.07, 6.45) is 59.3. The lowest BCUT2D eigenvalue weighted by Gasteiger charge is -2.18. The number of carbonyl (C=O) groups excluding carboxylic acids is 3. The average molecular weight is 839 g/mol. The Morgan fingerprint density at radius 1 is 0.350 bits per heavy atom. The molecule has 0 saturated heterocycles. The Hall–Kier alpha value is -2.89. The molecule has 0 saturated carbocycles. The summed E-state index contributed by atoms with van der Waals surface area (Å²) < 4.78 is 16.7.